The van der Waals surface area contributed by atoms with Crippen LogP contribution in [0.2, 0.25) is 5.02 Å². The molecule has 1 atom stereocenters. The summed E-state index contributed by atoms with van der Waals surface area (Å²) >= 11 is 8.05. The van der Waals surface area contributed by atoms with E-state index in [0.717, 1.165) is 29.4 Å². The van der Waals surface area contributed by atoms with Gasteiger partial charge in [-0.1, -0.05) is 11.6 Å². The molecule has 5 heteroatoms. The summed E-state index contributed by atoms with van der Waals surface area (Å²) in [6.45, 7) is 2.90. The standard InChI is InChI=1S/C15H18ClN3S/c1-10-11(9-19(2)18-10)8-17-14-5-6-20-15-4-3-12(16)7-13(14)15/h3-4,7,9,14,17H,5-6,8H2,1-2H3. The summed E-state index contributed by atoms with van der Waals surface area (Å²) in [5.41, 5.74) is 3.68. The van der Waals surface area contributed by atoms with Crippen molar-refractivity contribution < 1.29 is 0 Å². The Bertz CT molecular complexity index is 624. The SMILES string of the molecule is Cc1nn(C)cc1CNC1CCSc2ccc(Cl)cc21. The lowest BCUT2D eigenvalue weighted by atomic mass is 10.0. The van der Waals surface area contributed by atoms with Crippen LogP contribution in [0.4, 0.5) is 0 Å². The van der Waals surface area contributed by atoms with Crippen LogP contribution >= 0.6 is 23.4 Å². The highest BCUT2D eigenvalue weighted by atomic mass is 35.5. The van der Waals surface area contributed by atoms with E-state index in [4.69, 9.17) is 11.6 Å². The number of nitrogens with one attached hydrogen (secondary N) is 1. The lowest BCUT2D eigenvalue weighted by Gasteiger charge is -2.26. The fourth-order valence-electron chi connectivity index (χ4n) is 2.63. The largest absolute Gasteiger partial charge is 0.306 e. The quantitative estimate of drug-likeness (QED) is 0.937. The number of halogens is 1. The van der Waals surface area contributed by atoms with Crippen molar-refractivity contribution >= 4 is 23.4 Å². The summed E-state index contributed by atoms with van der Waals surface area (Å²) in [7, 11) is 1.96. The van der Waals surface area contributed by atoms with Crippen molar-refractivity contribution in [2.75, 3.05) is 5.75 Å². The Kier molecular flexibility index (Phi) is 4.06. The molecule has 3 rings (SSSR count). The molecule has 0 saturated heterocycles. The number of aromatic nitrogens is 2. The van der Waals surface area contributed by atoms with E-state index < -0.39 is 0 Å². The van der Waals surface area contributed by atoms with Gasteiger partial charge in [-0.25, -0.2) is 0 Å². The molecule has 0 bridgehead atoms. The van der Waals surface area contributed by atoms with Crippen molar-refractivity contribution in [2.45, 2.75) is 30.8 Å². The highest BCUT2D eigenvalue weighted by Gasteiger charge is 2.20. The maximum absolute atomic E-state index is 6.14. The van der Waals surface area contributed by atoms with Crippen molar-refractivity contribution in [3.8, 4) is 0 Å². The lowest BCUT2D eigenvalue weighted by Crippen LogP contribution is -2.24. The molecule has 0 fully saturated rings. The Balaban J connectivity index is 1.76. The summed E-state index contributed by atoms with van der Waals surface area (Å²) in [6.07, 6.45) is 3.22. The average molecular weight is 308 g/mol. The zero-order valence-corrected chi connectivity index (χ0v) is 13.3. The first-order valence-electron chi connectivity index (χ1n) is 6.78. The number of hydrogen-bond acceptors (Lipinski definition) is 3. The second kappa shape index (κ2) is 5.80. The number of fused-ring (bicyclic) bond motifs is 1. The van der Waals surface area contributed by atoms with Gasteiger partial charge in [-0.15, -0.1) is 11.8 Å². The van der Waals surface area contributed by atoms with Crippen molar-refractivity contribution in [1.82, 2.24) is 15.1 Å². The van der Waals surface area contributed by atoms with E-state index in [-0.39, 0.29) is 0 Å². The first-order chi connectivity index (χ1) is 9.63. The third kappa shape index (κ3) is 2.87. The Morgan fingerprint density at radius 1 is 1.50 bits per heavy atom. The lowest BCUT2D eigenvalue weighted by molar-refractivity contribution is 0.509. The van der Waals surface area contributed by atoms with Gasteiger partial charge in [-0.3, -0.25) is 4.68 Å². The maximum Gasteiger partial charge on any atom is 0.0638 e. The molecule has 3 nitrogen and oxygen atoms in total. The summed E-state index contributed by atoms with van der Waals surface area (Å²) in [4.78, 5) is 1.35. The first-order valence-corrected chi connectivity index (χ1v) is 8.14. The Hall–Kier alpha value is -0.970. The number of benzene rings is 1. The molecule has 1 N–H and O–H groups in total. The Labute approximate surface area is 128 Å². The smallest absolute Gasteiger partial charge is 0.0638 e. The molecule has 2 aromatic rings. The van der Waals surface area contributed by atoms with Gasteiger partial charge in [0.05, 0.1) is 5.69 Å². The molecule has 0 radical (unpaired) electrons. The molecule has 1 unspecified atom stereocenters. The van der Waals surface area contributed by atoms with Crippen LogP contribution in [0, 0.1) is 6.92 Å². The minimum atomic E-state index is 0.379. The number of aryl methyl sites for hydroxylation is 2. The van der Waals surface area contributed by atoms with Crippen LogP contribution in [0.15, 0.2) is 29.3 Å². The highest BCUT2D eigenvalue weighted by Crippen LogP contribution is 2.37. The van der Waals surface area contributed by atoms with Gasteiger partial charge in [0.2, 0.25) is 0 Å². The van der Waals surface area contributed by atoms with Crippen molar-refractivity contribution in [1.29, 1.82) is 0 Å². The predicted octanol–water partition coefficient (Wildman–Crippen LogP) is 3.71. The number of rotatable bonds is 3. The molecule has 0 saturated carbocycles. The van der Waals surface area contributed by atoms with E-state index in [1.54, 1.807) is 0 Å². The van der Waals surface area contributed by atoms with Gasteiger partial charge in [0, 0.05) is 41.3 Å². The van der Waals surface area contributed by atoms with Gasteiger partial charge < -0.3 is 5.32 Å². The molecular formula is C15H18ClN3S. The minimum absolute atomic E-state index is 0.379. The molecule has 1 aliphatic heterocycles. The van der Waals surface area contributed by atoms with Crippen LogP contribution in [-0.4, -0.2) is 15.5 Å². The van der Waals surface area contributed by atoms with Crippen LogP contribution < -0.4 is 5.32 Å². The first kappa shape index (κ1) is 14.0. The van der Waals surface area contributed by atoms with Crippen LogP contribution in [0.25, 0.3) is 0 Å². The van der Waals surface area contributed by atoms with Gasteiger partial charge in [0.15, 0.2) is 0 Å². The fourth-order valence-corrected chi connectivity index (χ4v) is 3.92. The number of hydrogen-bond donors (Lipinski definition) is 1. The molecule has 0 aliphatic carbocycles. The summed E-state index contributed by atoms with van der Waals surface area (Å²) in [6, 6.07) is 6.58. The zero-order chi connectivity index (χ0) is 14.1. The van der Waals surface area contributed by atoms with Gasteiger partial charge in [0.1, 0.15) is 0 Å². The third-order valence-corrected chi connectivity index (χ3v) is 5.02. The van der Waals surface area contributed by atoms with Gasteiger partial charge >= 0.3 is 0 Å². The molecule has 1 aliphatic rings. The van der Waals surface area contributed by atoms with E-state index in [0.29, 0.717) is 6.04 Å². The molecule has 0 spiro atoms. The van der Waals surface area contributed by atoms with Crippen LogP contribution in [0.3, 0.4) is 0 Å². The van der Waals surface area contributed by atoms with E-state index in [1.807, 2.05) is 29.6 Å². The van der Waals surface area contributed by atoms with Crippen LogP contribution in [-0.2, 0) is 13.6 Å². The molecule has 20 heavy (non-hydrogen) atoms. The summed E-state index contributed by atoms with van der Waals surface area (Å²) < 4.78 is 1.87. The average Bonchev–Trinajstić information content (AvgIpc) is 2.74. The molecule has 0 amide bonds. The summed E-state index contributed by atoms with van der Waals surface area (Å²) in [5, 5.41) is 8.85. The van der Waals surface area contributed by atoms with Crippen molar-refractivity contribution in [3.05, 3.63) is 46.2 Å². The molecule has 1 aromatic carbocycles. The fraction of sp³-hybridized carbons (Fsp3) is 0.400. The van der Waals surface area contributed by atoms with E-state index in [9.17, 15) is 0 Å². The van der Waals surface area contributed by atoms with E-state index >= 15 is 0 Å². The van der Waals surface area contributed by atoms with Crippen LogP contribution in [0.1, 0.15) is 29.3 Å². The van der Waals surface area contributed by atoms with Crippen LogP contribution in [0.5, 0.6) is 0 Å². The normalized spacial score (nSPS) is 18.1. The monoisotopic (exact) mass is 307 g/mol. The molecular weight excluding hydrogens is 290 g/mol. The topological polar surface area (TPSA) is 29.9 Å². The molecule has 2 heterocycles. The Morgan fingerprint density at radius 3 is 3.10 bits per heavy atom. The van der Waals surface area contributed by atoms with Crippen molar-refractivity contribution in [2.24, 2.45) is 7.05 Å². The molecule has 106 valence electrons. The Morgan fingerprint density at radius 2 is 2.35 bits per heavy atom. The summed E-state index contributed by atoms with van der Waals surface area (Å²) in [5.74, 6) is 1.15. The van der Waals surface area contributed by atoms with E-state index in [2.05, 4.69) is 35.7 Å². The van der Waals surface area contributed by atoms with Gasteiger partial charge in [-0.05, 0) is 42.9 Å². The predicted molar refractivity (Wildman–Crippen MR) is 84.3 cm³/mol. The zero-order valence-electron chi connectivity index (χ0n) is 11.7. The molecule has 1 aromatic heterocycles. The van der Waals surface area contributed by atoms with E-state index in [1.165, 1.54) is 16.0 Å². The van der Waals surface area contributed by atoms with Gasteiger partial charge in [-0.2, -0.15) is 5.10 Å². The third-order valence-electron chi connectivity index (χ3n) is 3.67. The van der Waals surface area contributed by atoms with Gasteiger partial charge in [0.25, 0.3) is 0 Å². The maximum atomic E-state index is 6.14. The second-order valence-corrected chi connectivity index (χ2v) is 6.74. The number of nitrogens with zero attached hydrogens (tertiary/aromatic N) is 2. The second-order valence-electron chi connectivity index (χ2n) is 5.17. The minimum Gasteiger partial charge on any atom is -0.306 e. The highest BCUT2D eigenvalue weighted by molar-refractivity contribution is 7.99. The number of thioether (sulfide) groups is 1. The van der Waals surface area contributed by atoms with Crippen molar-refractivity contribution in [3.63, 3.8) is 0 Å².